The van der Waals surface area contributed by atoms with Crippen molar-refractivity contribution in [3.05, 3.63) is 0 Å². The highest BCUT2D eigenvalue weighted by molar-refractivity contribution is 5.80. The van der Waals surface area contributed by atoms with Gasteiger partial charge in [0, 0.05) is 12.5 Å². The highest BCUT2D eigenvalue weighted by Crippen LogP contribution is 2.19. The van der Waals surface area contributed by atoms with Crippen molar-refractivity contribution >= 4 is 5.91 Å². The van der Waals surface area contributed by atoms with Gasteiger partial charge >= 0.3 is 0 Å². The van der Waals surface area contributed by atoms with E-state index in [4.69, 9.17) is 9.47 Å². The molecule has 4 heteroatoms. The van der Waals surface area contributed by atoms with Crippen LogP contribution < -0.4 is 5.32 Å². The van der Waals surface area contributed by atoms with Gasteiger partial charge in [-0.1, -0.05) is 0 Å². The Kier molecular flexibility index (Phi) is 3.37. The molecule has 4 nitrogen and oxygen atoms in total. The van der Waals surface area contributed by atoms with Crippen LogP contribution in [0.5, 0.6) is 0 Å². The average Bonchev–Trinajstić information content (AvgIpc) is 2.63. The van der Waals surface area contributed by atoms with E-state index in [-0.39, 0.29) is 17.9 Å². The fraction of sp³-hybridized carbons (Fsp3) is 0.900. The Morgan fingerprint density at radius 1 is 1.36 bits per heavy atom. The van der Waals surface area contributed by atoms with Crippen molar-refractivity contribution in [1.82, 2.24) is 5.32 Å². The summed E-state index contributed by atoms with van der Waals surface area (Å²) in [7, 11) is 0. The molecule has 1 N–H and O–H groups in total. The molecule has 2 rings (SSSR count). The average molecular weight is 199 g/mol. The lowest BCUT2D eigenvalue weighted by atomic mass is 9.99. The standard InChI is InChI=1S/C10H17NO3/c12-10-8(3-4-11-10)1-2-9-7-13-5-6-14-9/h8-9H,1-7H2,(H,11,12). The van der Waals surface area contributed by atoms with Crippen molar-refractivity contribution in [3.63, 3.8) is 0 Å². The lowest BCUT2D eigenvalue weighted by Crippen LogP contribution is -2.29. The third-order valence-corrected chi connectivity index (χ3v) is 2.88. The fourth-order valence-electron chi connectivity index (χ4n) is 2.01. The Morgan fingerprint density at radius 2 is 2.29 bits per heavy atom. The van der Waals surface area contributed by atoms with Gasteiger partial charge in [0.2, 0.25) is 5.91 Å². The number of amides is 1. The zero-order valence-corrected chi connectivity index (χ0v) is 8.33. The number of hydrogen-bond donors (Lipinski definition) is 1. The molecule has 80 valence electrons. The van der Waals surface area contributed by atoms with Crippen molar-refractivity contribution < 1.29 is 14.3 Å². The molecule has 0 spiro atoms. The molecule has 0 aromatic rings. The number of carbonyl (C=O) groups excluding carboxylic acids is 1. The second-order valence-corrected chi connectivity index (χ2v) is 3.92. The number of rotatable bonds is 3. The SMILES string of the molecule is O=C1NCCC1CCC1COCCO1. The highest BCUT2D eigenvalue weighted by Gasteiger charge is 2.25. The molecule has 0 saturated carbocycles. The lowest BCUT2D eigenvalue weighted by molar-refractivity contribution is -0.123. The molecule has 2 heterocycles. The third-order valence-electron chi connectivity index (χ3n) is 2.88. The van der Waals surface area contributed by atoms with Crippen LogP contribution in [0.1, 0.15) is 19.3 Å². The Labute approximate surface area is 84.0 Å². The van der Waals surface area contributed by atoms with E-state index < -0.39 is 0 Å². The van der Waals surface area contributed by atoms with Gasteiger partial charge in [0.1, 0.15) is 0 Å². The zero-order valence-electron chi connectivity index (χ0n) is 8.33. The minimum Gasteiger partial charge on any atom is -0.376 e. The summed E-state index contributed by atoms with van der Waals surface area (Å²) in [6.45, 7) is 2.93. The maximum atomic E-state index is 11.3. The molecule has 0 aromatic carbocycles. The molecule has 2 fully saturated rings. The van der Waals surface area contributed by atoms with E-state index in [1.54, 1.807) is 0 Å². The van der Waals surface area contributed by atoms with Gasteiger partial charge in [-0.05, 0) is 19.3 Å². The van der Waals surface area contributed by atoms with Crippen molar-refractivity contribution in [1.29, 1.82) is 0 Å². The topological polar surface area (TPSA) is 47.6 Å². The third kappa shape index (κ3) is 2.45. The second kappa shape index (κ2) is 4.75. The molecule has 14 heavy (non-hydrogen) atoms. The van der Waals surface area contributed by atoms with Crippen molar-refractivity contribution in [3.8, 4) is 0 Å². The second-order valence-electron chi connectivity index (χ2n) is 3.92. The largest absolute Gasteiger partial charge is 0.376 e. The molecule has 0 bridgehead atoms. The molecule has 0 aromatic heterocycles. The van der Waals surface area contributed by atoms with Gasteiger partial charge < -0.3 is 14.8 Å². The Morgan fingerprint density at radius 3 is 2.93 bits per heavy atom. The molecular weight excluding hydrogens is 182 g/mol. The van der Waals surface area contributed by atoms with Crippen LogP contribution in [0.3, 0.4) is 0 Å². The van der Waals surface area contributed by atoms with Gasteiger partial charge in [0.15, 0.2) is 0 Å². The van der Waals surface area contributed by atoms with Crippen LogP contribution in [0.4, 0.5) is 0 Å². The lowest BCUT2D eigenvalue weighted by Gasteiger charge is -2.23. The Balaban J connectivity index is 1.68. The quantitative estimate of drug-likeness (QED) is 0.712. The van der Waals surface area contributed by atoms with E-state index in [0.29, 0.717) is 19.8 Å². The first kappa shape index (κ1) is 9.93. The summed E-state index contributed by atoms with van der Waals surface area (Å²) < 4.78 is 10.8. The van der Waals surface area contributed by atoms with Gasteiger partial charge in [-0.15, -0.1) is 0 Å². The first-order valence-corrected chi connectivity index (χ1v) is 5.33. The molecule has 2 aliphatic rings. The molecule has 0 aliphatic carbocycles. The molecular formula is C10H17NO3. The predicted octanol–water partition coefficient (Wildman–Crippen LogP) is 0.318. The zero-order chi connectivity index (χ0) is 9.80. The predicted molar refractivity (Wildman–Crippen MR) is 50.9 cm³/mol. The van der Waals surface area contributed by atoms with Crippen LogP contribution in [-0.2, 0) is 14.3 Å². The molecule has 2 unspecified atom stereocenters. The van der Waals surface area contributed by atoms with Crippen LogP contribution in [0.2, 0.25) is 0 Å². The van der Waals surface area contributed by atoms with Gasteiger partial charge in [-0.3, -0.25) is 4.79 Å². The maximum Gasteiger partial charge on any atom is 0.223 e. The maximum absolute atomic E-state index is 11.3. The minimum atomic E-state index is 0.206. The van der Waals surface area contributed by atoms with E-state index in [1.165, 1.54) is 0 Å². The number of carbonyl (C=O) groups is 1. The smallest absolute Gasteiger partial charge is 0.223 e. The van der Waals surface area contributed by atoms with Crippen LogP contribution in [0.25, 0.3) is 0 Å². The number of ether oxygens (including phenoxy) is 2. The van der Waals surface area contributed by atoms with Crippen LogP contribution in [0.15, 0.2) is 0 Å². The van der Waals surface area contributed by atoms with E-state index >= 15 is 0 Å². The normalized spacial score (nSPS) is 33.0. The first-order chi connectivity index (χ1) is 6.86. The molecule has 1 amide bonds. The summed E-state index contributed by atoms with van der Waals surface area (Å²) in [6, 6.07) is 0. The van der Waals surface area contributed by atoms with Crippen molar-refractivity contribution in [2.24, 2.45) is 5.92 Å². The molecule has 2 aliphatic heterocycles. The summed E-state index contributed by atoms with van der Waals surface area (Å²) in [5.41, 5.74) is 0. The molecule has 2 saturated heterocycles. The van der Waals surface area contributed by atoms with Gasteiger partial charge in [0.05, 0.1) is 25.9 Å². The first-order valence-electron chi connectivity index (χ1n) is 5.33. The van der Waals surface area contributed by atoms with Gasteiger partial charge in [-0.25, -0.2) is 0 Å². The number of nitrogens with one attached hydrogen (secondary N) is 1. The summed E-state index contributed by atoms with van der Waals surface area (Å²) in [4.78, 5) is 11.3. The van der Waals surface area contributed by atoms with E-state index in [9.17, 15) is 4.79 Å². The molecule has 2 atom stereocenters. The number of hydrogen-bond acceptors (Lipinski definition) is 3. The van der Waals surface area contributed by atoms with E-state index in [2.05, 4.69) is 5.32 Å². The Hall–Kier alpha value is -0.610. The van der Waals surface area contributed by atoms with Crippen molar-refractivity contribution in [2.45, 2.75) is 25.4 Å². The summed E-state index contributed by atoms with van der Waals surface area (Å²) in [5, 5.41) is 2.85. The summed E-state index contributed by atoms with van der Waals surface area (Å²) >= 11 is 0. The van der Waals surface area contributed by atoms with Crippen LogP contribution in [0, 0.1) is 5.92 Å². The van der Waals surface area contributed by atoms with Crippen molar-refractivity contribution in [2.75, 3.05) is 26.4 Å². The van der Waals surface area contributed by atoms with E-state index in [0.717, 1.165) is 25.8 Å². The minimum absolute atomic E-state index is 0.206. The van der Waals surface area contributed by atoms with Crippen LogP contribution in [-0.4, -0.2) is 38.4 Å². The van der Waals surface area contributed by atoms with Crippen LogP contribution >= 0.6 is 0 Å². The summed E-state index contributed by atoms with van der Waals surface area (Å²) in [6.07, 6.45) is 3.06. The van der Waals surface area contributed by atoms with Gasteiger partial charge in [0.25, 0.3) is 0 Å². The fourth-order valence-corrected chi connectivity index (χ4v) is 2.01. The summed E-state index contributed by atoms with van der Waals surface area (Å²) in [5.74, 6) is 0.419. The van der Waals surface area contributed by atoms with E-state index in [1.807, 2.05) is 0 Å². The Bertz CT molecular complexity index is 202. The molecule has 0 radical (unpaired) electrons. The monoisotopic (exact) mass is 199 g/mol. The van der Waals surface area contributed by atoms with Gasteiger partial charge in [-0.2, -0.15) is 0 Å². The highest BCUT2D eigenvalue weighted by atomic mass is 16.6.